The second-order valence-electron chi connectivity index (χ2n) is 4.43. The monoisotopic (exact) mass is 247 g/mol. The SMILES string of the molecule is CNCc1cccc(NC(=O)C2CNC(=O)C2)c1. The summed E-state index contributed by atoms with van der Waals surface area (Å²) in [6.45, 7) is 1.19. The van der Waals surface area contributed by atoms with Gasteiger partial charge in [-0.15, -0.1) is 0 Å². The van der Waals surface area contributed by atoms with E-state index in [9.17, 15) is 9.59 Å². The molecule has 3 N–H and O–H groups in total. The number of anilines is 1. The predicted octanol–water partition coefficient (Wildman–Crippen LogP) is 0.481. The highest BCUT2D eigenvalue weighted by atomic mass is 16.2. The minimum Gasteiger partial charge on any atom is -0.355 e. The molecule has 0 aromatic heterocycles. The van der Waals surface area contributed by atoms with Crippen LogP contribution in [0.15, 0.2) is 24.3 Å². The van der Waals surface area contributed by atoms with Gasteiger partial charge in [0.15, 0.2) is 0 Å². The van der Waals surface area contributed by atoms with Crippen LogP contribution in [0.25, 0.3) is 0 Å². The van der Waals surface area contributed by atoms with Crippen molar-refractivity contribution in [2.24, 2.45) is 5.92 Å². The Hall–Kier alpha value is -1.88. The van der Waals surface area contributed by atoms with Crippen molar-refractivity contribution >= 4 is 17.5 Å². The van der Waals surface area contributed by atoms with Crippen LogP contribution in [0.3, 0.4) is 0 Å². The molecule has 1 aliphatic heterocycles. The zero-order valence-corrected chi connectivity index (χ0v) is 10.3. The Morgan fingerprint density at radius 2 is 2.33 bits per heavy atom. The van der Waals surface area contributed by atoms with Crippen molar-refractivity contribution in [1.82, 2.24) is 10.6 Å². The van der Waals surface area contributed by atoms with Gasteiger partial charge in [0.2, 0.25) is 11.8 Å². The molecule has 0 spiro atoms. The molecule has 0 radical (unpaired) electrons. The van der Waals surface area contributed by atoms with Crippen LogP contribution >= 0.6 is 0 Å². The molecule has 1 aromatic carbocycles. The third kappa shape index (κ3) is 3.07. The van der Waals surface area contributed by atoms with Gasteiger partial charge in [-0.2, -0.15) is 0 Å². The lowest BCUT2D eigenvalue weighted by Crippen LogP contribution is -2.24. The lowest BCUT2D eigenvalue weighted by Gasteiger charge is -2.10. The average Bonchev–Trinajstić information content (AvgIpc) is 2.77. The first kappa shape index (κ1) is 12.6. The highest BCUT2D eigenvalue weighted by Gasteiger charge is 2.27. The summed E-state index contributed by atoms with van der Waals surface area (Å²) in [6.07, 6.45) is 0.280. The molecule has 1 unspecified atom stereocenters. The van der Waals surface area contributed by atoms with Gasteiger partial charge in [0.1, 0.15) is 0 Å². The zero-order valence-electron chi connectivity index (χ0n) is 10.3. The van der Waals surface area contributed by atoms with Crippen molar-refractivity contribution in [3.63, 3.8) is 0 Å². The zero-order chi connectivity index (χ0) is 13.0. The maximum Gasteiger partial charge on any atom is 0.229 e. The molecule has 1 saturated heterocycles. The number of hydrogen-bond donors (Lipinski definition) is 3. The van der Waals surface area contributed by atoms with Crippen LogP contribution in [0.2, 0.25) is 0 Å². The van der Waals surface area contributed by atoms with Crippen LogP contribution in [0.1, 0.15) is 12.0 Å². The number of rotatable bonds is 4. The molecule has 2 rings (SSSR count). The average molecular weight is 247 g/mol. The molecule has 1 aromatic rings. The van der Waals surface area contributed by atoms with E-state index in [2.05, 4.69) is 16.0 Å². The number of amides is 2. The van der Waals surface area contributed by atoms with Gasteiger partial charge in [0, 0.05) is 25.2 Å². The molecule has 1 aliphatic rings. The minimum absolute atomic E-state index is 0.0564. The van der Waals surface area contributed by atoms with Gasteiger partial charge < -0.3 is 16.0 Å². The molecule has 1 atom stereocenters. The number of carbonyl (C=O) groups is 2. The molecule has 0 saturated carbocycles. The van der Waals surface area contributed by atoms with Crippen LogP contribution < -0.4 is 16.0 Å². The minimum atomic E-state index is -0.259. The maximum absolute atomic E-state index is 11.9. The molecule has 0 aliphatic carbocycles. The Kier molecular flexibility index (Phi) is 3.94. The highest BCUT2D eigenvalue weighted by Crippen LogP contribution is 2.15. The van der Waals surface area contributed by atoms with E-state index in [0.29, 0.717) is 6.54 Å². The summed E-state index contributed by atoms with van der Waals surface area (Å²) in [5.74, 6) is -0.417. The van der Waals surface area contributed by atoms with E-state index >= 15 is 0 Å². The Morgan fingerprint density at radius 1 is 1.50 bits per heavy atom. The van der Waals surface area contributed by atoms with Crippen molar-refractivity contribution in [3.8, 4) is 0 Å². The lowest BCUT2D eigenvalue weighted by atomic mass is 10.1. The summed E-state index contributed by atoms with van der Waals surface area (Å²) < 4.78 is 0. The number of nitrogens with one attached hydrogen (secondary N) is 3. The molecular weight excluding hydrogens is 230 g/mol. The van der Waals surface area contributed by atoms with Crippen LogP contribution in [0.4, 0.5) is 5.69 Å². The van der Waals surface area contributed by atoms with Gasteiger partial charge in [-0.1, -0.05) is 12.1 Å². The third-order valence-electron chi connectivity index (χ3n) is 2.92. The number of benzene rings is 1. The number of carbonyl (C=O) groups excluding carboxylic acids is 2. The summed E-state index contributed by atoms with van der Waals surface area (Å²) in [4.78, 5) is 23.0. The fourth-order valence-corrected chi connectivity index (χ4v) is 2.00. The maximum atomic E-state index is 11.9. The van der Waals surface area contributed by atoms with Crippen LogP contribution in [0, 0.1) is 5.92 Å². The van der Waals surface area contributed by atoms with Crippen LogP contribution in [-0.2, 0) is 16.1 Å². The van der Waals surface area contributed by atoms with Gasteiger partial charge in [-0.25, -0.2) is 0 Å². The van der Waals surface area contributed by atoms with Crippen LogP contribution in [0.5, 0.6) is 0 Å². The lowest BCUT2D eigenvalue weighted by molar-refractivity contribution is -0.123. The third-order valence-corrected chi connectivity index (χ3v) is 2.92. The highest BCUT2D eigenvalue weighted by molar-refractivity contribution is 5.97. The quantitative estimate of drug-likeness (QED) is 0.725. The van der Waals surface area contributed by atoms with E-state index in [0.717, 1.165) is 17.8 Å². The molecule has 18 heavy (non-hydrogen) atoms. The molecule has 5 heteroatoms. The smallest absolute Gasteiger partial charge is 0.229 e. The summed E-state index contributed by atoms with van der Waals surface area (Å²) in [5, 5.41) is 8.56. The molecule has 2 amide bonds. The van der Waals surface area contributed by atoms with E-state index in [1.807, 2.05) is 31.3 Å². The standard InChI is InChI=1S/C13H17N3O2/c1-14-7-9-3-2-4-11(5-9)16-13(18)10-6-12(17)15-8-10/h2-5,10,14H,6-8H2,1H3,(H,15,17)(H,16,18). The molecule has 96 valence electrons. The molecule has 5 nitrogen and oxygen atoms in total. The van der Waals surface area contributed by atoms with E-state index in [1.54, 1.807) is 0 Å². The normalized spacial score (nSPS) is 18.5. The topological polar surface area (TPSA) is 70.2 Å². The summed E-state index contributed by atoms with van der Waals surface area (Å²) in [7, 11) is 1.88. The Bertz CT molecular complexity index is 459. The van der Waals surface area contributed by atoms with Crippen molar-refractivity contribution < 1.29 is 9.59 Å². The predicted molar refractivity (Wildman–Crippen MR) is 69.0 cm³/mol. The van der Waals surface area contributed by atoms with Gasteiger partial charge in [0.05, 0.1) is 5.92 Å². The van der Waals surface area contributed by atoms with Gasteiger partial charge >= 0.3 is 0 Å². The first-order valence-corrected chi connectivity index (χ1v) is 6.00. The first-order chi connectivity index (χ1) is 8.69. The van der Waals surface area contributed by atoms with Crippen molar-refractivity contribution in [1.29, 1.82) is 0 Å². The van der Waals surface area contributed by atoms with E-state index < -0.39 is 0 Å². The van der Waals surface area contributed by atoms with Crippen molar-refractivity contribution in [2.45, 2.75) is 13.0 Å². The Balaban J connectivity index is 1.98. The second-order valence-corrected chi connectivity index (χ2v) is 4.43. The Labute approximate surface area is 106 Å². The van der Waals surface area contributed by atoms with Gasteiger partial charge in [0.25, 0.3) is 0 Å². The van der Waals surface area contributed by atoms with E-state index in [-0.39, 0.29) is 24.2 Å². The fraction of sp³-hybridized carbons (Fsp3) is 0.385. The summed E-state index contributed by atoms with van der Waals surface area (Å²) in [5.41, 5.74) is 1.88. The molecule has 1 fully saturated rings. The molecule has 0 bridgehead atoms. The van der Waals surface area contributed by atoms with Crippen LogP contribution in [-0.4, -0.2) is 25.4 Å². The van der Waals surface area contributed by atoms with E-state index in [1.165, 1.54) is 0 Å². The van der Waals surface area contributed by atoms with Gasteiger partial charge in [-0.3, -0.25) is 9.59 Å². The summed E-state index contributed by atoms with van der Waals surface area (Å²) >= 11 is 0. The Morgan fingerprint density at radius 3 is 3.00 bits per heavy atom. The van der Waals surface area contributed by atoms with Crippen molar-refractivity contribution in [3.05, 3.63) is 29.8 Å². The largest absolute Gasteiger partial charge is 0.355 e. The molecular formula is C13H17N3O2. The number of hydrogen-bond acceptors (Lipinski definition) is 3. The van der Waals surface area contributed by atoms with Crippen molar-refractivity contribution in [2.75, 3.05) is 18.9 Å². The fourth-order valence-electron chi connectivity index (χ4n) is 2.00. The van der Waals surface area contributed by atoms with E-state index in [4.69, 9.17) is 0 Å². The second kappa shape index (κ2) is 5.64. The first-order valence-electron chi connectivity index (χ1n) is 6.00. The van der Waals surface area contributed by atoms with Gasteiger partial charge in [-0.05, 0) is 24.7 Å². The summed E-state index contributed by atoms with van der Waals surface area (Å²) in [6, 6.07) is 7.67. The molecule has 1 heterocycles.